The molecule has 0 saturated heterocycles. The number of ether oxygens (including phenoxy) is 1. The molecule has 0 bridgehead atoms. The molecule has 2 atom stereocenters. The van der Waals surface area contributed by atoms with Gasteiger partial charge in [0.25, 0.3) is 0 Å². The molecule has 0 saturated carbocycles. The molecule has 0 aromatic carbocycles. The third-order valence-corrected chi connectivity index (χ3v) is 6.45. The Hall–Kier alpha value is -1.07. The molecular formula is C22H43NO3Si. The highest BCUT2D eigenvalue weighted by atomic mass is 28.3. The highest BCUT2D eigenvalue weighted by Crippen LogP contribution is 2.25. The summed E-state index contributed by atoms with van der Waals surface area (Å²) in [4.78, 5) is 12.4. The summed E-state index contributed by atoms with van der Waals surface area (Å²) in [5.74, 6) is 0. The van der Waals surface area contributed by atoms with Crippen molar-refractivity contribution >= 4 is 14.2 Å². The van der Waals surface area contributed by atoms with Crippen LogP contribution in [-0.4, -0.2) is 37.5 Å². The fraction of sp³-hybridized carbons (Fsp3) is 0.773. The van der Waals surface area contributed by atoms with Crippen molar-refractivity contribution in [1.82, 2.24) is 5.32 Å². The molecular weight excluding hydrogens is 354 g/mol. The second-order valence-electron chi connectivity index (χ2n) is 8.75. The van der Waals surface area contributed by atoms with Gasteiger partial charge in [0.1, 0.15) is 0 Å². The highest BCUT2D eigenvalue weighted by molar-refractivity contribution is 6.76. The fourth-order valence-corrected chi connectivity index (χ4v) is 3.81. The van der Waals surface area contributed by atoms with E-state index in [0.29, 0.717) is 13.0 Å². The maximum absolute atomic E-state index is 12.4. The molecule has 0 heterocycles. The van der Waals surface area contributed by atoms with Gasteiger partial charge in [-0.3, -0.25) is 0 Å². The molecule has 0 aromatic heterocycles. The van der Waals surface area contributed by atoms with E-state index in [1.54, 1.807) is 0 Å². The summed E-state index contributed by atoms with van der Waals surface area (Å²) in [5, 5.41) is 13.2. The number of hydrogen-bond acceptors (Lipinski definition) is 3. The maximum Gasteiger partial charge on any atom is 0.407 e. The van der Waals surface area contributed by atoms with E-state index in [4.69, 9.17) is 4.74 Å². The number of hydrogen-bond donors (Lipinski definition) is 2. The zero-order chi connectivity index (χ0) is 20.8. The highest BCUT2D eigenvalue weighted by Gasteiger charge is 2.31. The van der Waals surface area contributed by atoms with Crippen molar-refractivity contribution in [2.75, 3.05) is 6.61 Å². The summed E-state index contributed by atoms with van der Waals surface area (Å²) in [7, 11) is -1.24. The van der Waals surface area contributed by atoms with Gasteiger partial charge in [-0.2, -0.15) is 0 Å². The number of aliphatic hydroxyl groups excluding tert-OH is 1. The third-order valence-electron chi connectivity index (χ3n) is 4.74. The Bertz CT molecular complexity index is 445. The maximum atomic E-state index is 12.4. The normalized spacial score (nSPS) is 15.3. The second kappa shape index (κ2) is 14.0. The topological polar surface area (TPSA) is 58.6 Å². The van der Waals surface area contributed by atoms with Crippen LogP contribution in [0.4, 0.5) is 4.79 Å². The van der Waals surface area contributed by atoms with Crippen LogP contribution in [0.15, 0.2) is 24.8 Å². The van der Waals surface area contributed by atoms with Gasteiger partial charge in [-0.15, -0.1) is 6.58 Å². The summed E-state index contributed by atoms with van der Waals surface area (Å²) >= 11 is 0. The lowest BCUT2D eigenvalue weighted by atomic mass is 9.85. The van der Waals surface area contributed by atoms with Gasteiger partial charge in [-0.1, -0.05) is 83.3 Å². The van der Waals surface area contributed by atoms with Crippen LogP contribution in [0, 0.1) is 0 Å². The molecule has 27 heavy (non-hydrogen) atoms. The average Bonchev–Trinajstić information content (AvgIpc) is 2.56. The van der Waals surface area contributed by atoms with Gasteiger partial charge in [-0.05, 0) is 19.4 Å². The van der Waals surface area contributed by atoms with Gasteiger partial charge < -0.3 is 15.2 Å². The van der Waals surface area contributed by atoms with Crippen molar-refractivity contribution < 1.29 is 14.6 Å². The predicted octanol–water partition coefficient (Wildman–Crippen LogP) is 6.05. The second-order valence-corrected chi connectivity index (χ2v) is 14.4. The standard InChI is InChI=1S/C22H43NO3Si/c1-7-10-11-12-13-14-16-22(15-8-2,19-20(24)9-3)23-21(25)26-17-18-27(4,5)6/h8-9,15,20,24H,3,7,10-14,16-19H2,1-2,4-6H3,(H,23,25)/b15-8+/t20?,22-/m0/s1. The molecule has 0 rings (SSSR count). The number of aliphatic hydroxyl groups is 1. The Labute approximate surface area is 168 Å². The van der Waals surface area contributed by atoms with Crippen LogP contribution >= 0.6 is 0 Å². The van der Waals surface area contributed by atoms with E-state index < -0.39 is 25.8 Å². The molecule has 2 N–H and O–H groups in total. The van der Waals surface area contributed by atoms with Crippen LogP contribution in [0.3, 0.4) is 0 Å². The number of alkyl carbamates (subject to hydrolysis) is 1. The first-order valence-electron chi connectivity index (χ1n) is 10.6. The zero-order valence-electron chi connectivity index (χ0n) is 18.4. The first-order chi connectivity index (χ1) is 12.7. The summed E-state index contributed by atoms with van der Waals surface area (Å²) in [6.07, 6.45) is 12.7. The van der Waals surface area contributed by atoms with E-state index in [9.17, 15) is 9.90 Å². The number of carbonyl (C=O) groups is 1. The number of carbonyl (C=O) groups excluding carboxylic acids is 1. The van der Waals surface area contributed by atoms with E-state index in [-0.39, 0.29) is 0 Å². The molecule has 0 spiro atoms. The fourth-order valence-electron chi connectivity index (χ4n) is 3.09. The van der Waals surface area contributed by atoms with E-state index in [1.165, 1.54) is 31.8 Å². The van der Waals surface area contributed by atoms with E-state index in [2.05, 4.69) is 38.5 Å². The Morgan fingerprint density at radius 2 is 1.85 bits per heavy atom. The summed E-state index contributed by atoms with van der Waals surface area (Å²) in [5.41, 5.74) is -0.594. The first-order valence-corrected chi connectivity index (χ1v) is 14.3. The van der Waals surface area contributed by atoms with Crippen LogP contribution in [0.5, 0.6) is 0 Å². The average molecular weight is 398 g/mol. The van der Waals surface area contributed by atoms with Crippen molar-refractivity contribution in [3.05, 3.63) is 24.8 Å². The quantitative estimate of drug-likeness (QED) is 0.201. The summed E-state index contributed by atoms with van der Waals surface area (Å²) < 4.78 is 5.44. The monoisotopic (exact) mass is 397 g/mol. The van der Waals surface area contributed by atoms with Crippen LogP contribution in [-0.2, 0) is 4.74 Å². The molecule has 0 aromatic rings. The molecule has 0 aliphatic carbocycles. The smallest absolute Gasteiger partial charge is 0.407 e. The molecule has 1 amide bonds. The molecule has 0 fully saturated rings. The molecule has 4 nitrogen and oxygen atoms in total. The summed E-state index contributed by atoms with van der Waals surface area (Å²) in [6.45, 7) is 15.1. The van der Waals surface area contributed by atoms with Crippen LogP contribution in [0.25, 0.3) is 0 Å². The Morgan fingerprint density at radius 3 is 2.41 bits per heavy atom. The number of unbranched alkanes of at least 4 members (excludes halogenated alkanes) is 5. The van der Waals surface area contributed by atoms with Crippen molar-refractivity contribution in [3.63, 3.8) is 0 Å². The minimum absolute atomic E-state index is 0.395. The lowest BCUT2D eigenvalue weighted by molar-refractivity contribution is 0.126. The Balaban J connectivity index is 4.86. The molecule has 0 aliphatic heterocycles. The summed E-state index contributed by atoms with van der Waals surface area (Å²) in [6, 6.07) is 0.948. The van der Waals surface area contributed by atoms with Crippen molar-refractivity contribution in [2.45, 2.75) is 103 Å². The first kappa shape index (κ1) is 25.9. The van der Waals surface area contributed by atoms with E-state index in [1.807, 2.05) is 19.1 Å². The van der Waals surface area contributed by atoms with Gasteiger partial charge >= 0.3 is 6.09 Å². The largest absolute Gasteiger partial charge is 0.450 e. The molecule has 0 aliphatic rings. The van der Waals surface area contributed by atoms with Gasteiger partial charge in [0.2, 0.25) is 0 Å². The predicted molar refractivity (Wildman–Crippen MR) is 119 cm³/mol. The zero-order valence-corrected chi connectivity index (χ0v) is 19.4. The lowest BCUT2D eigenvalue weighted by Crippen LogP contribution is -2.49. The van der Waals surface area contributed by atoms with Crippen molar-refractivity contribution in [1.29, 1.82) is 0 Å². The van der Waals surface area contributed by atoms with E-state index in [0.717, 1.165) is 25.3 Å². The Morgan fingerprint density at radius 1 is 1.22 bits per heavy atom. The third kappa shape index (κ3) is 13.7. The van der Waals surface area contributed by atoms with Gasteiger partial charge in [-0.25, -0.2) is 4.79 Å². The van der Waals surface area contributed by atoms with Gasteiger partial charge in [0, 0.05) is 14.5 Å². The molecule has 5 heteroatoms. The number of nitrogens with one attached hydrogen (secondary N) is 1. The minimum Gasteiger partial charge on any atom is -0.450 e. The number of allylic oxidation sites excluding steroid dienone is 1. The molecule has 1 unspecified atom stereocenters. The van der Waals surface area contributed by atoms with Crippen molar-refractivity contribution in [2.24, 2.45) is 0 Å². The number of rotatable bonds is 15. The Kier molecular flexibility index (Phi) is 13.4. The van der Waals surface area contributed by atoms with Gasteiger partial charge in [0.05, 0.1) is 18.2 Å². The van der Waals surface area contributed by atoms with Crippen LogP contribution < -0.4 is 5.32 Å². The van der Waals surface area contributed by atoms with Crippen molar-refractivity contribution in [3.8, 4) is 0 Å². The number of amides is 1. The molecule has 0 radical (unpaired) electrons. The van der Waals surface area contributed by atoms with Crippen LogP contribution in [0.1, 0.15) is 65.2 Å². The minimum atomic E-state index is -1.24. The van der Waals surface area contributed by atoms with E-state index >= 15 is 0 Å². The SMILES string of the molecule is C=CC(O)C[C@](/C=C/C)(CCCCCCCC)NC(=O)OCC[Si](C)(C)C. The lowest BCUT2D eigenvalue weighted by Gasteiger charge is -2.33. The molecule has 158 valence electrons. The van der Waals surface area contributed by atoms with Gasteiger partial charge in [0.15, 0.2) is 0 Å². The van der Waals surface area contributed by atoms with Crippen LogP contribution in [0.2, 0.25) is 25.7 Å².